The topological polar surface area (TPSA) is 86.5 Å². The predicted octanol–water partition coefficient (Wildman–Crippen LogP) is 4.21. The number of aromatic nitrogens is 2. The van der Waals surface area contributed by atoms with Gasteiger partial charge in [-0.15, -0.1) is 23.5 Å². The van der Waals surface area contributed by atoms with Crippen LogP contribution < -0.4 is 10.1 Å². The van der Waals surface area contributed by atoms with Gasteiger partial charge < -0.3 is 19.3 Å². The Kier molecular flexibility index (Phi) is 7.27. The van der Waals surface area contributed by atoms with Crippen LogP contribution in [0.4, 0.5) is 0 Å². The Balaban J connectivity index is 1.73. The SMILES string of the molecule is COCc1cc(C(C)(C)NC(=O)C(Oc2ccc3ncc(SC)cc3c2)SC)no1. The van der Waals surface area contributed by atoms with E-state index in [-0.39, 0.29) is 5.91 Å². The molecule has 1 atom stereocenters. The van der Waals surface area contributed by atoms with Gasteiger partial charge in [0.15, 0.2) is 5.76 Å². The van der Waals surface area contributed by atoms with E-state index in [0.29, 0.717) is 23.8 Å². The van der Waals surface area contributed by atoms with Crippen molar-refractivity contribution in [2.75, 3.05) is 19.6 Å². The van der Waals surface area contributed by atoms with Crippen LogP contribution in [0.25, 0.3) is 10.9 Å². The molecule has 0 fully saturated rings. The Morgan fingerprint density at radius 3 is 2.77 bits per heavy atom. The summed E-state index contributed by atoms with van der Waals surface area (Å²) in [7, 11) is 1.58. The zero-order valence-electron chi connectivity index (χ0n) is 17.6. The Morgan fingerprint density at radius 1 is 1.27 bits per heavy atom. The molecule has 7 nitrogen and oxygen atoms in total. The van der Waals surface area contributed by atoms with Crippen molar-refractivity contribution in [1.29, 1.82) is 0 Å². The number of ether oxygens (including phenoxy) is 2. The third kappa shape index (κ3) is 5.27. The molecule has 1 N–H and O–H groups in total. The minimum Gasteiger partial charge on any atom is -0.470 e. The zero-order valence-corrected chi connectivity index (χ0v) is 19.2. The van der Waals surface area contributed by atoms with Crippen LogP contribution in [0.15, 0.2) is 45.9 Å². The molecule has 0 spiro atoms. The first-order valence-corrected chi connectivity index (χ1v) is 11.8. The van der Waals surface area contributed by atoms with Gasteiger partial charge in [-0.25, -0.2) is 0 Å². The first kappa shape index (κ1) is 22.5. The van der Waals surface area contributed by atoms with Gasteiger partial charge in [-0.3, -0.25) is 9.78 Å². The molecule has 2 heterocycles. The van der Waals surface area contributed by atoms with Crippen LogP contribution in [0.3, 0.4) is 0 Å². The summed E-state index contributed by atoms with van der Waals surface area (Å²) in [6.07, 6.45) is 5.68. The minimum absolute atomic E-state index is 0.250. The van der Waals surface area contributed by atoms with Gasteiger partial charge in [-0.05, 0) is 50.6 Å². The largest absolute Gasteiger partial charge is 0.470 e. The molecule has 3 rings (SSSR count). The Hall–Kier alpha value is -2.23. The number of nitrogens with one attached hydrogen (secondary N) is 1. The van der Waals surface area contributed by atoms with Crippen molar-refractivity contribution in [3.05, 3.63) is 48.0 Å². The maximum atomic E-state index is 12.9. The normalized spacial score (nSPS) is 12.7. The van der Waals surface area contributed by atoms with Gasteiger partial charge in [0.1, 0.15) is 18.1 Å². The van der Waals surface area contributed by atoms with Gasteiger partial charge >= 0.3 is 0 Å². The summed E-state index contributed by atoms with van der Waals surface area (Å²) in [5.41, 5.74) is 0.0435. The maximum Gasteiger partial charge on any atom is 0.272 e. The summed E-state index contributed by atoms with van der Waals surface area (Å²) < 4.78 is 16.3. The standard InChI is InChI=1S/C21H25N3O4S2/c1-21(2,18-10-15(12-26-3)28-24-18)23-19(25)20(30-5)27-14-6-7-17-13(8-14)9-16(29-4)11-22-17/h6-11,20H,12H2,1-5H3,(H,23,25). The van der Waals surface area contributed by atoms with E-state index in [1.165, 1.54) is 11.8 Å². The second-order valence-electron chi connectivity index (χ2n) is 7.14. The fourth-order valence-corrected chi connectivity index (χ4v) is 3.74. The molecule has 0 saturated carbocycles. The zero-order chi connectivity index (χ0) is 21.7. The number of carbonyl (C=O) groups is 1. The second-order valence-corrected chi connectivity index (χ2v) is 8.92. The van der Waals surface area contributed by atoms with Gasteiger partial charge in [-0.2, -0.15) is 0 Å². The molecule has 0 bridgehead atoms. The molecule has 3 aromatic rings. The fourth-order valence-electron chi connectivity index (χ4n) is 2.86. The van der Waals surface area contributed by atoms with Gasteiger partial charge in [0, 0.05) is 29.7 Å². The summed E-state index contributed by atoms with van der Waals surface area (Å²) in [5.74, 6) is 0.959. The number of amides is 1. The van der Waals surface area contributed by atoms with Crippen molar-refractivity contribution >= 4 is 40.3 Å². The number of benzene rings is 1. The van der Waals surface area contributed by atoms with E-state index in [9.17, 15) is 4.79 Å². The molecule has 1 unspecified atom stereocenters. The van der Waals surface area contributed by atoms with Crippen LogP contribution in [-0.4, -0.2) is 41.1 Å². The summed E-state index contributed by atoms with van der Waals surface area (Å²) >= 11 is 2.95. The highest BCUT2D eigenvalue weighted by Gasteiger charge is 2.31. The van der Waals surface area contributed by atoms with Crippen LogP contribution in [0.5, 0.6) is 5.75 Å². The van der Waals surface area contributed by atoms with Gasteiger partial charge in [0.2, 0.25) is 5.44 Å². The number of nitrogens with zero attached hydrogens (tertiary/aromatic N) is 2. The molecular weight excluding hydrogens is 422 g/mol. The van der Waals surface area contributed by atoms with Crippen molar-refractivity contribution in [3.63, 3.8) is 0 Å². The number of pyridine rings is 1. The first-order chi connectivity index (χ1) is 14.4. The number of methoxy groups -OCH3 is 1. The van der Waals surface area contributed by atoms with Crippen LogP contribution in [0.1, 0.15) is 25.3 Å². The first-order valence-electron chi connectivity index (χ1n) is 9.26. The predicted molar refractivity (Wildman–Crippen MR) is 120 cm³/mol. The fraction of sp³-hybridized carbons (Fsp3) is 0.381. The molecule has 0 saturated heterocycles. The number of carbonyl (C=O) groups excluding carboxylic acids is 1. The minimum atomic E-state index is -0.732. The van der Waals surface area contributed by atoms with Crippen LogP contribution in [-0.2, 0) is 21.7 Å². The highest BCUT2D eigenvalue weighted by atomic mass is 32.2. The number of hydrogen-bond acceptors (Lipinski definition) is 8. The number of thioether (sulfide) groups is 2. The highest BCUT2D eigenvalue weighted by Crippen LogP contribution is 2.26. The highest BCUT2D eigenvalue weighted by molar-refractivity contribution is 7.99. The number of hydrogen-bond donors (Lipinski definition) is 1. The molecule has 2 aromatic heterocycles. The van der Waals surface area contributed by atoms with Crippen molar-refractivity contribution in [2.45, 2.75) is 36.3 Å². The van der Waals surface area contributed by atoms with Gasteiger partial charge in [0.25, 0.3) is 5.91 Å². The molecule has 0 aliphatic rings. The molecule has 9 heteroatoms. The third-order valence-corrected chi connectivity index (χ3v) is 5.89. The van der Waals surface area contributed by atoms with E-state index in [0.717, 1.165) is 15.8 Å². The van der Waals surface area contributed by atoms with Gasteiger partial charge in [-0.1, -0.05) is 5.16 Å². The van der Waals surface area contributed by atoms with Crippen molar-refractivity contribution < 1.29 is 18.8 Å². The Labute approximate surface area is 184 Å². The Bertz CT molecular complexity index is 1020. The molecule has 0 radical (unpaired) electrons. The molecule has 160 valence electrons. The Morgan fingerprint density at radius 2 is 2.07 bits per heavy atom. The lowest BCUT2D eigenvalue weighted by Gasteiger charge is -2.26. The average Bonchev–Trinajstić information content (AvgIpc) is 3.21. The van der Waals surface area contributed by atoms with Crippen LogP contribution >= 0.6 is 23.5 Å². The van der Waals surface area contributed by atoms with E-state index < -0.39 is 11.0 Å². The van der Waals surface area contributed by atoms with Gasteiger partial charge in [0.05, 0.1) is 11.1 Å². The van der Waals surface area contributed by atoms with E-state index in [1.807, 2.05) is 50.8 Å². The molecule has 0 aliphatic carbocycles. The van der Waals surface area contributed by atoms with Crippen LogP contribution in [0.2, 0.25) is 0 Å². The average molecular weight is 448 g/mol. The maximum absolute atomic E-state index is 12.9. The molecule has 0 aliphatic heterocycles. The lowest BCUT2D eigenvalue weighted by molar-refractivity contribution is -0.126. The van der Waals surface area contributed by atoms with E-state index in [2.05, 4.69) is 21.5 Å². The van der Waals surface area contributed by atoms with Crippen molar-refractivity contribution in [2.24, 2.45) is 0 Å². The van der Waals surface area contributed by atoms with E-state index >= 15 is 0 Å². The second kappa shape index (κ2) is 9.72. The van der Waals surface area contributed by atoms with E-state index in [1.54, 1.807) is 24.9 Å². The summed E-state index contributed by atoms with van der Waals surface area (Å²) in [6.45, 7) is 4.05. The van der Waals surface area contributed by atoms with Crippen molar-refractivity contribution in [3.8, 4) is 5.75 Å². The lowest BCUT2D eigenvalue weighted by atomic mass is 10.0. The summed E-state index contributed by atoms with van der Waals surface area (Å²) in [5, 5.41) is 8.01. The molecule has 1 aromatic carbocycles. The summed E-state index contributed by atoms with van der Waals surface area (Å²) in [6, 6.07) is 9.45. The number of fused-ring (bicyclic) bond motifs is 1. The lowest BCUT2D eigenvalue weighted by Crippen LogP contribution is -2.46. The summed E-state index contributed by atoms with van der Waals surface area (Å²) in [4.78, 5) is 18.4. The van der Waals surface area contributed by atoms with Crippen LogP contribution in [0, 0.1) is 0 Å². The molecule has 1 amide bonds. The number of rotatable bonds is 9. The molecule has 30 heavy (non-hydrogen) atoms. The monoisotopic (exact) mass is 447 g/mol. The third-order valence-electron chi connectivity index (χ3n) is 4.46. The van der Waals surface area contributed by atoms with Crippen molar-refractivity contribution in [1.82, 2.24) is 15.5 Å². The van der Waals surface area contributed by atoms with E-state index in [4.69, 9.17) is 14.0 Å². The smallest absolute Gasteiger partial charge is 0.272 e. The molecular formula is C21H25N3O4S2. The quantitative estimate of drug-likeness (QED) is 0.386.